The fourth-order valence-corrected chi connectivity index (χ4v) is 4.05. The minimum Gasteiger partial charge on any atom is -0.480 e. The number of nitrogens with zero attached hydrogens (tertiary/aromatic N) is 1. The Morgan fingerprint density at radius 2 is 1.63 bits per heavy atom. The van der Waals surface area contributed by atoms with Gasteiger partial charge in [0.25, 0.3) is 11.8 Å². The molecule has 1 aliphatic rings. The van der Waals surface area contributed by atoms with Crippen LogP contribution in [0.4, 0.5) is 5.69 Å². The molecule has 0 heterocycles. The molecule has 1 atom stereocenters. The van der Waals surface area contributed by atoms with Crippen LogP contribution in [0.25, 0.3) is 0 Å². The number of amides is 2. The zero-order valence-electron chi connectivity index (χ0n) is 18.4. The Labute approximate surface area is 179 Å². The van der Waals surface area contributed by atoms with Crippen molar-refractivity contribution < 1.29 is 14.3 Å². The van der Waals surface area contributed by atoms with Crippen LogP contribution >= 0.6 is 0 Å². The molecule has 2 aromatic rings. The van der Waals surface area contributed by atoms with E-state index in [1.165, 1.54) is 6.42 Å². The molecular formula is C25H32N2O3. The number of hydrogen-bond acceptors (Lipinski definition) is 3. The van der Waals surface area contributed by atoms with Crippen LogP contribution in [-0.2, 0) is 4.79 Å². The van der Waals surface area contributed by atoms with E-state index in [4.69, 9.17) is 4.74 Å². The van der Waals surface area contributed by atoms with E-state index in [1.54, 1.807) is 19.1 Å². The molecule has 30 heavy (non-hydrogen) atoms. The first kappa shape index (κ1) is 21.9. The van der Waals surface area contributed by atoms with Crippen LogP contribution in [0, 0.1) is 13.8 Å². The number of carbonyl (C=O) groups excluding carboxylic acids is 2. The number of carbonyl (C=O) groups is 2. The Hall–Kier alpha value is -2.82. The molecule has 2 amide bonds. The molecule has 0 aliphatic heterocycles. The van der Waals surface area contributed by atoms with Crippen LogP contribution in [0.2, 0.25) is 0 Å². The van der Waals surface area contributed by atoms with Crippen LogP contribution in [-0.4, -0.2) is 35.9 Å². The zero-order valence-corrected chi connectivity index (χ0v) is 18.4. The Balaban J connectivity index is 1.72. The van der Waals surface area contributed by atoms with Crippen molar-refractivity contribution in [2.24, 2.45) is 0 Å². The largest absolute Gasteiger partial charge is 0.480 e. The Kier molecular flexibility index (Phi) is 7.14. The van der Waals surface area contributed by atoms with Crippen LogP contribution in [0.3, 0.4) is 0 Å². The van der Waals surface area contributed by atoms with Gasteiger partial charge in [0, 0.05) is 13.1 Å². The zero-order chi connectivity index (χ0) is 21.7. The summed E-state index contributed by atoms with van der Waals surface area (Å²) >= 11 is 0. The monoisotopic (exact) mass is 408 g/mol. The average Bonchev–Trinajstić information content (AvgIpc) is 2.76. The van der Waals surface area contributed by atoms with Crippen molar-refractivity contribution in [3.63, 3.8) is 0 Å². The molecule has 1 aliphatic carbocycles. The van der Waals surface area contributed by atoms with Gasteiger partial charge < -0.3 is 15.0 Å². The van der Waals surface area contributed by atoms with Crippen LogP contribution < -0.4 is 10.1 Å². The Bertz CT molecular complexity index is 883. The number of para-hydroxylation sites is 2. The molecule has 0 radical (unpaired) electrons. The SMILES string of the molecule is Cc1cccc(C)c1OC(C)C(=O)Nc1ccccc1C(=O)N(C)C1CCCCC1. The van der Waals surface area contributed by atoms with Crippen LogP contribution in [0.1, 0.15) is 60.5 Å². The highest BCUT2D eigenvalue weighted by atomic mass is 16.5. The van der Waals surface area contributed by atoms with Crippen molar-refractivity contribution in [2.45, 2.75) is 65.0 Å². The molecule has 0 aromatic heterocycles. The Morgan fingerprint density at radius 1 is 1.00 bits per heavy atom. The lowest BCUT2D eigenvalue weighted by molar-refractivity contribution is -0.122. The summed E-state index contributed by atoms with van der Waals surface area (Å²) in [5.41, 5.74) is 3.00. The molecule has 1 saturated carbocycles. The van der Waals surface area contributed by atoms with Gasteiger partial charge in [-0.05, 0) is 56.9 Å². The number of anilines is 1. The van der Waals surface area contributed by atoms with Crippen molar-refractivity contribution in [1.29, 1.82) is 0 Å². The third-order valence-corrected chi connectivity index (χ3v) is 5.93. The van der Waals surface area contributed by atoms with E-state index in [0.29, 0.717) is 11.3 Å². The molecule has 0 saturated heterocycles. The molecule has 5 heteroatoms. The van der Waals surface area contributed by atoms with E-state index in [-0.39, 0.29) is 17.9 Å². The summed E-state index contributed by atoms with van der Waals surface area (Å²) in [6, 6.07) is 13.3. The highest BCUT2D eigenvalue weighted by Gasteiger charge is 2.25. The molecule has 0 spiro atoms. The third kappa shape index (κ3) is 5.02. The van der Waals surface area contributed by atoms with Crippen molar-refractivity contribution in [3.8, 4) is 5.75 Å². The van der Waals surface area contributed by atoms with Gasteiger partial charge in [0.05, 0.1) is 11.3 Å². The van der Waals surface area contributed by atoms with E-state index in [1.807, 2.05) is 56.1 Å². The lowest BCUT2D eigenvalue weighted by Crippen LogP contribution is -2.39. The number of benzene rings is 2. The number of hydrogen-bond donors (Lipinski definition) is 1. The molecule has 1 fully saturated rings. The van der Waals surface area contributed by atoms with E-state index in [2.05, 4.69) is 5.32 Å². The van der Waals surface area contributed by atoms with Crippen LogP contribution in [0.15, 0.2) is 42.5 Å². The molecule has 160 valence electrons. The summed E-state index contributed by atoms with van der Waals surface area (Å²) in [5.74, 6) is 0.390. The normalized spacial score (nSPS) is 15.3. The average molecular weight is 409 g/mol. The summed E-state index contributed by atoms with van der Waals surface area (Å²) in [4.78, 5) is 27.8. The second-order valence-electron chi connectivity index (χ2n) is 8.22. The fraction of sp³-hybridized carbons (Fsp3) is 0.440. The number of rotatable bonds is 6. The van der Waals surface area contributed by atoms with E-state index >= 15 is 0 Å². The smallest absolute Gasteiger partial charge is 0.265 e. The lowest BCUT2D eigenvalue weighted by atomic mass is 9.94. The first-order valence-corrected chi connectivity index (χ1v) is 10.8. The van der Waals surface area contributed by atoms with Crippen molar-refractivity contribution in [1.82, 2.24) is 4.90 Å². The fourth-order valence-electron chi connectivity index (χ4n) is 4.05. The first-order chi connectivity index (χ1) is 14.4. The van der Waals surface area contributed by atoms with Gasteiger partial charge in [0.15, 0.2) is 6.10 Å². The maximum absolute atomic E-state index is 13.1. The second kappa shape index (κ2) is 9.79. The van der Waals surface area contributed by atoms with E-state index in [9.17, 15) is 9.59 Å². The number of aryl methyl sites for hydroxylation is 2. The van der Waals surface area contributed by atoms with Gasteiger partial charge in [-0.2, -0.15) is 0 Å². The van der Waals surface area contributed by atoms with Gasteiger partial charge in [0.2, 0.25) is 0 Å². The summed E-state index contributed by atoms with van der Waals surface area (Å²) in [6.07, 6.45) is 4.95. The minimum atomic E-state index is -0.691. The number of ether oxygens (including phenoxy) is 1. The summed E-state index contributed by atoms with van der Waals surface area (Å²) in [7, 11) is 1.86. The molecular weight excluding hydrogens is 376 g/mol. The van der Waals surface area contributed by atoms with Gasteiger partial charge in [-0.1, -0.05) is 49.6 Å². The lowest BCUT2D eigenvalue weighted by Gasteiger charge is -2.31. The van der Waals surface area contributed by atoms with Crippen LogP contribution in [0.5, 0.6) is 5.75 Å². The minimum absolute atomic E-state index is 0.0545. The predicted octanol–water partition coefficient (Wildman–Crippen LogP) is 5.11. The molecule has 3 rings (SSSR count). The van der Waals surface area contributed by atoms with Gasteiger partial charge in [0.1, 0.15) is 5.75 Å². The molecule has 5 nitrogen and oxygen atoms in total. The van der Waals surface area contributed by atoms with Gasteiger partial charge in [-0.25, -0.2) is 0 Å². The van der Waals surface area contributed by atoms with Crippen molar-refractivity contribution in [3.05, 3.63) is 59.2 Å². The Morgan fingerprint density at radius 3 is 2.30 bits per heavy atom. The third-order valence-electron chi connectivity index (χ3n) is 5.93. The topological polar surface area (TPSA) is 58.6 Å². The highest BCUT2D eigenvalue weighted by molar-refractivity contribution is 6.04. The molecule has 1 unspecified atom stereocenters. The summed E-state index contributed by atoms with van der Waals surface area (Å²) in [5, 5.41) is 2.90. The quantitative estimate of drug-likeness (QED) is 0.722. The molecule has 1 N–H and O–H groups in total. The van der Waals surface area contributed by atoms with Crippen molar-refractivity contribution >= 4 is 17.5 Å². The number of nitrogens with one attached hydrogen (secondary N) is 1. The highest BCUT2D eigenvalue weighted by Crippen LogP contribution is 2.26. The standard InChI is InChI=1S/C25H32N2O3/c1-17-11-10-12-18(2)23(17)30-19(3)24(28)26-22-16-9-8-15-21(22)25(29)27(4)20-13-6-5-7-14-20/h8-12,15-16,19-20H,5-7,13-14H2,1-4H3,(H,26,28). The first-order valence-electron chi connectivity index (χ1n) is 10.8. The summed E-state index contributed by atoms with van der Waals surface area (Å²) in [6.45, 7) is 5.64. The second-order valence-corrected chi connectivity index (χ2v) is 8.22. The molecule has 0 bridgehead atoms. The van der Waals surface area contributed by atoms with Crippen molar-refractivity contribution in [2.75, 3.05) is 12.4 Å². The maximum atomic E-state index is 13.1. The van der Waals surface area contributed by atoms with Gasteiger partial charge >= 0.3 is 0 Å². The van der Waals surface area contributed by atoms with E-state index < -0.39 is 6.10 Å². The van der Waals surface area contributed by atoms with Gasteiger partial charge in [-0.15, -0.1) is 0 Å². The van der Waals surface area contributed by atoms with Gasteiger partial charge in [-0.3, -0.25) is 9.59 Å². The molecule has 2 aromatic carbocycles. The summed E-state index contributed by atoms with van der Waals surface area (Å²) < 4.78 is 5.95. The van der Waals surface area contributed by atoms with E-state index in [0.717, 1.165) is 42.6 Å². The predicted molar refractivity (Wildman–Crippen MR) is 120 cm³/mol. The maximum Gasteiger partial charge on any atom is 0.265 e.